The normalized spacial score (nSPS) is 10.5. The summed E-state index contributed by atoms with van der Waals surface area (Å²) in [5, 5.41) is 6.91. The number of benzene rings is 2. The molecule has 0 saturated heterocycles. The summed E-state index contributed by atoms with van der Waals surface area (Å²) in [6.45, 7) is -0.278. The molecule has 0 unspecified atom stereocenters. The van der Waals surface area contributed by atoms with Crippen LogP contribution in [-0.4, -0.2) is 45.9 Å². The lowest BCUT2D eigenvalue weighted by atomic mass is 10.2. The van der Waals surface area contributed by atoms with Gasteiger partial charge in [0.15, 0.2) is 11.5 Å². The predicted molar refractivity (Wildman–Crippen MR) is 111 cm³/mol. The highest BCUT2D eigenvalue weighted by molar-refractivity contribution is 6.42. The van der Waals surface area contributed by atoms with E-state index >= 15 is 0 Å². The van der Waals surface area contributed by atoms with E-state index < -0.39 is 11.8 Å². The Bertz CT molecular complexity index is 934. The molecular weight excluding hydrogens is 421 g/mol. The van der Waals surface area contributed by atoms with Gasteiger partial charge >= 0.3 is 0 Å². The minimum Gasteiger partial charge on any atom is -0.496 e. The number of carbonyl (C=O) groups is 2. The second-order valence-corrected chi connectivity index (χ2v) is 6.37. The Morgan fingerprint density at radius 3 is 2.24 bits per heavy atom. The second kappa shape index (κ2) is 10.5. The van der Waals surface area contributed by atoms with Gasteiger partial charge in [0.1, 0.15) is 5.75 Å². The lowest BCUT2D eigenvalue weighted by molar-refractivity contribution is -0.120. The fraction of sp³-hybridized carbons (Fsp3) is 0.211. The van der Waals surface area contributed by atoms with E-state index in [0.717, 1.165) is 0 Å². The fourth-order valence-electron chi connectivity index (χ4n) is 2.27. The number of hydrogen-bond donors (Lipinski definition) is 2. The summed E-state index contributed by atoms with van der Waals surface area (Å²) in [6, 6.07) is 7.71. The lowest BCUT2D eigenvalue weighted by Crippen LogP contribution is -2.34. The van der Waals surface area contributed by atoms with Gasteiger partial charge in [-0.3, -0.25) is 9.59 Å². The first-order valence-electron chi connectivity index (χ1n) is 8.24. The maximum atomic E-state index is 12.0. The van der Waals surface area contributed by atoms with Crippen molar-refractivity contribution in [3.63, 3.8) is 0 Å². The number of methoxy groups -OCH3 is 3. The molecule has 0 spiro atoms. The van der Waals surface area contributed by atoms with Gasteiger partial charge in [-0.25, -0.2) is 5.43 Å². The van der Waals surface area contributed by atoms with Gasteiger partial charge in [-0.1, -0.05) is 23.2 Å². The number of amides is 2. The van der Waals surface area contributed by atoms with Gasteiger partial charge in [-0.2, -0.15) is 5.10 Å². The molecule has 2 aromatic carbocycles. The molecule has 0 saturated carbocycles. The van der Waals surface area contributed by atoms with Crippen LogP contribution >= 0.6 is 23.2 Å². The maximum Gasteiger partial charge on any atom is 0.259 e. The molecule has 29 heavy (non-hydrogen) atoms. The molecule has 2 N–H and O–H groups in total. The number of hydrazone groups is 1. The molecule has 10 heteroatoms. The summed E-state index contributed by atoms with van der Waals surface area (Å²) < 4.78 is 15.7. The topological polar surface area (TPSA) is 98.2 Å². The third kappa shape index (κ3) is 6.00. The molecule has 0 aliphatic rings. The Balaban J connectivity index is 1.95. The van der Waals surface area contributed by atoms with Gasteiger partial charge < -0.3 is 19.5 Å². The van der Waals surface area contributed by atoms with Crippen molar-refractivity contribution in [2.45, 2.75) is 0 Å². The van der Waals surface area contributed by atoms with E-state index in [9.17, 15) is 9.59 Å². The first-order valence-corrected chi connectivity index (χ1v) is 9.00. The van der Waals surface area contributed by atoms with Crippen LogP contribution in [0.5, 0.6) is 17.2 Å². The van der Waals surface area contributed by atoms with E-state index in [1.54, 1.807) is 12.1 Å². The van der Waals surface area contributed by atoms with Gasteiger partial charge in [0.05, 0.1) is 44.1 Å². The molecule has 0 radical (unpaired) electrons. The van der Waals surface area contributed by atoms with Crippen molar-refractivity contribution in [2.24, 2.45) is 5.10 Å². The van der Waals surface area contributed by atoms with Crippen LogP contribution in [0.2, 0.25) is 10.0 Å². The first-order chi connectivity index (χ1) is 13.9. The molecule has 0 fully saturated rings. The van der Waals surface area contributed by atoms with Crippen LogP contribution < -0.4 is 25.0 Å². The molecule has 2 aromatic rings. The zero-order valence-electron chi connectivity index (χ0n) is 15.9. The number of halogens is 2. The lowest BCUT2D eigenvalue weighted by Gasteiger charge is -2.11. The third-order valence-corrected chi connectivity index (χ3v) is 4.46. The van der Waals surface area contributed by atoms with Crippen molar-refractivity contribution in [3.05, 3.63) is 51.5 Å². The summed E-state index contributed by atoms with van der Waals surface area (Å²) in [5.74, 6) is 0.470. The van der Waals surface area contributed by atoms with Crippen molar-refractivity contribution in [3.8, 4) is 17.2 Å². The van der Waals surface area contributed by atoms with Gasteiger partial charge in [0.2, 0.25) is 0 Å². The van der Waals surface area contributed by atoms with Crippen molar-refractivity contribution >= 4 is 41.2 Å². The molecular formula is C19H19Cl2N3O5. The molecule has 0 bridgehead atoms. The van der Waals surface area contributed by atoms with Crippen LogP contribution in [-0.2, 0) is 4.79 Å². The zero-order valence-corrected chi connectivity index (χ0v) is 17.4. The largest absolute Gasteiger partial charge is 0.496 e. The molecule has 2 rings (SSSR count). The van der Waals surface area contributed by atoms with Crippen molar-refractivity contribution in [2.75, 3.05) is 27.9 Å². The van der Waals surface area contributed by atoms with Crippen molar-refractivity contribution in [1.82, 2.24) is 10.7 Å². The van der Waals surface area contributed by atoms with E-state index in [1.807, 2.05) is 0 Å². The minimum absolute atomic E-state index is 0.247. The van der Waals surface area contributed by atoms with E-state index in [1.165, 1.54) is 45.7 Å². The van der Waals surface area contributed by atoms with Gasteiger partial charge in [-0.15, -0.1) is 0 Å². The van der Waals surface area contributed by atoms with Crippen LogP contribution in [0.25, 0.3) is 0 Å². The minimum atomic E-state index is -0.519. The molecule has 154 valence electrons. The molecule has 0 aliphatic heterocycles. The number of nitrogens with one attached hydrogen (secondary N) is 2. The van der Waals surface area contributed by atoms with Crippen LogP contribution in [0.3, 0.4) is 0 Å². The van der Waals surface area contributed by atoms with Crippen LogP contribution in [0.1, 0.15) is 15.9 Å². The predicted octanol–water partition coefficient (Wildman–Crippen LogP) is 2.90. The smallest absolute Gasteiger partial charge is 0.259 e. The summed E-state index contributed by atoms with van der Waals surface area (Å²) in [6.07, 6.45) is 1.39. The number of nitrogens with zero attached hydrogens (tertiary/aromatic N) is 1. The highest BCUT2D eigenvalue weighted by Gasteiger charge is 2.11. The van der Waals surface area contributed by atoms with Gasteiger partial charge in [0.25, 0.3) is 11.8 Å². The van der Waals surface area contributed by atoms with Crippen molar-refractivity contribution in [1.29, 1.82) is 0 Å². The average Bonchev–Trinajstić information content (AvgIpc) is 2.73. The number of hydrogen-bond acceptors (Lipinski definition) is 6. The van der Waals surface area contributed by atoms with E-state index in [2.05, 4.69) is 15.8 Å². The van der Waals surface area contributed by atoms with Crippen molar-refractivity contribution < 1.29 is 23.8 Å². The molecule has 8 nitrogen and oxygen atoms in total. The molecule has 2 amide bonds. The first kappa shape index (κ1) is 22.3. The summed E-state index contributed by atoms with van der Waals surface area (Å²) in [7, 11) is 4.51. The Hall–Kier alpha value is -2.97. The average molecular weight is 440 g/mol. The number of carbonyl (C=O) groups excluding carboxylic acids is 2. The van der Waals surface area contributed by atoms with Crippen LogP contribution in [0.15, 0.2) is 35.4 Å². The highest BCUT2D eigenvalue weighted by Crippen LogP contribution is 2.33. The Morgan fingerprint density at radius 2 is 1.62 bits per heavy atom. The number of rotatable bonds is 8. The molecule has 0 heterocycles. The summed E-state index contributed by atoms with van der Waals surface area (Å²) in [4.78, 5) is 24.0. The van der Waals surface area contributed by atoms with E-state index in [4.69, 9.17) is 37.4 Å². The monoisotopic (exact) mass is 439 g/mol. The van der Waals surface area contributed by atoms with Gasteiger partial charge in [-0.05, 0) is 24.3 Å². The Kier molecular flexibility index (Phi) is 8.11. The zero-order chi connectivity index (χ0) is 21.4. The maximum absolute atomic E-state index is 12.0. The fourth-order valence-corrected chi connectivity index (χ4v) is 2.57. The van der Waals surface area contributed by atoms with E-state index in [-0.39, 0.29) is 17.1 Å². The standard InChI is InChI=1S/C19H19Cl2N3O5/c1-27-15-8-17(29-3)16(28-2)7-12(15)9-23-24-18(25)10-22-19(26)11-4-5-13(20)14(21)6-11/h4-9H,10H2,1-3H3,(H,22,26)(H,24,25)/b23-9+. The number of ether oxygens (including phenoxy) is 3. The van der Waals surface area contributed by atoms with Crippen LogP contribution in [0.4, 0.5) is 0 Å². The summed E-state index contributed by atoms with van der Waals surface area (Å²) >= 11 is 11.7. The van der Waals surface area contributed by atoms with Gasteiger partial charge in [0, 0.05) is 17.2 Å². The summed E-state index contributed by atoms with van der Waals surface area (Å²) in [5.41, 5.74) is 3.16. The van der Waals surface area contributed by atoms with Crippen LogP contribution in [0, 0.1) is 0 Å². The second-order valence-electron chi connectivity index (χ2n) is 5.55. The SMILES string of the molecule is COc1cc(OC)c(OC)cc1/C=N/NC(=O)CNC(=O)c1ccc(Cl)c(Cl)c1. The molecule has 0 aliphatic carbocycles. The Labute approximate surface area is 177 Å². The quantitative estimate of drug-likeness (QED) is 0.486. The third-order valence-electron chi connectivity index (χ3n) is 3.72. The molecule has 0 atom stereocenters. The van der Waals surface area contributed by atoms with E-state index in [0.29, 0.717) is 27.8 Å². The molecule has 0 aromatic heterocycles. The Morgan fingerprint density at radius 1 is 0.966 bits per heavy atom. The highest BCUT2D eigenvalue weighted by atomic mass is 35.5.